The predicted octanol–water partition coefficient (Wildman–Crippen LogP) is 2.84. The van der Waals surface area contributed by atoms with Gasteiger partial charge in [-0.2, -0.15) is 0 Å². The van der Waals surface area contributed by atoms with Crippen LogP contribution in [0.5, 0.6) is 5.75 Å². The molecule has 148 valence electrons. The Morgan fingerprint density at radius 1 is 0.897 bits per heavy atom. The first-order valence-electron chi connectivity index (χ1n) is 9.27. The molecule has 7 nitrogen and oxygen atoms in total. The topological polar surface area (TPSA) is 81.6 Å². The van der Waals surface area contributed by atoms with Gasteiger partial charge in [0.2, 0.25) is 0 Å². The highest BCUT2D eigenvalue weighted by atomic mass is 32.1. The van der Waals surface area contributed by atoms with E-state index < -0.39 is 0 Å². The second-order valence-corrected chi connectivity index (χ2v) is 7.17. The Kier molecular flexibility index (Phi) is 5.18. The first-order valence-corrected chi connectivity index (χ1v) is 9.68. The number of amides is 2. The average Bonchev–Trinajstić information content (AvgIpc) is 3.19. The highest BCUT2D eigenvalue weighted by Gasteiger charge is 2.26. The van der Waals surface area contributed by atoms with Crippen molar-refractivity contribution in [3.8, 4) is 11.4 Å². The molecule has 1 aliphatic heterocycles. The average molecular weight is 408 g/mol. The molecule has 2 heterocycles. The summed E-state index contributed by atoms with van der Waals surface area (Å²) in [5.41, 5.74) is 1.76. The summed E-state index contributed by atoms with van der Waals surface area (Å²) in [7, 11) is 0. The summed E-state index contributed by atoms with van der Waals surface area (Å²) in [6, 6.07) is 13.8. The molecule has 2 amide bonds. The lowest BCUT2D eigenvalue weighted by atomic mass is 10.1. The van der Waals surface area contributed by atoms with Gasteiger partial charge in [-0.05, 0) is 48.6 Å². The van der Waals surface area contributed by atoms with Gasteiger partial charge in [0.25, 0.3) is 11.8 Å². The lowest BCUT2D eigenvalue weighted by Gasteiger charge is -2.35. The standard InChI is InChI=1S/C21H20N4O3S/c26-18-4-2-1-3-17(18)20(28)24-13-11-23(12-14-24)19(27)15-5-7-16(8-6-15)25-10-9-22-21(25)29/h1-10,26H,11-14H2,(H,22,29). The van der Waals surface area contributed by atoms with Crippen LogP contribution in [0.3, 0.4) is 0 Å². The molecule has 3 aromatic rings. The van der Waals surface area contributed by atoms with Crippen molar-refractivity contribution in [1.82, 2.24) is 19.4 Å². The van der Waals surface area contributed by atoms with E-state index in [0.717, 1.165) is 5.69 Å². The Morgan fingerprint density at radius 2 is 1.52 bits per heavy atom. The molecular weight excluding hydrogens is 388 g/mol. The van der Waals surface area contributed by atoms with E-state index in [2.05, 4.69) is 4.98 Å². The summed E-state index contributed by atoms with van der Waals surface area (Å²) in [4.78, 5) is 31.8. The highest BCUT2D eigenvalue weighted by molar-refractivity contribution is 7.71. The van der Waals surface area contributed by atoms with Gasteiger partial charge in [0.1, 0.15) is 5.75 Å². The van der Waals surface area contributed by atoms with Gasteiger partial charge in [0.05, 0.1) is 5.56 Å². The molecule has 2 aromatic carbocycles. The number of imidazole rings is 1. The van der Waals surface area contributed by atoms with Gasteiger partial charge >= 0.3 is 0 Å². The lowest BCUT2D eigenvalue weighted by molar-refractivity contribution is 0.0533. The van der Waals surface area contributed by atoms with E-state index in [4.69, 9.17) is 12.2 Å². The van der Waals surface area contributed by atoms with Crippen molar-refractivity contribution in [2.24, 2.45) is 0 Å². The summed E-state index contributed by atoms with van der Waals surface area (Å²) in [6.07, 6.45) is 3.59. The van der Waals surface area contributed by atoms with E-state index in [-0.39, 0.29) is 23.1 Å². The Labute approximate surface area is 172 Å². The molecule has 0 saturated carbocycles. The van der Waals surface area contributed by atoms with Crippen LogP contribution in [0.25, 0.3) is 5.69 Å². The molecule has 8 heteroatoms. The van der Waals surface area contributed by atoms with Gasteiger partial charge in [-0.15, -0.1) is 0 Å². The number of carbonyl (C=O) groups is 2. The smallest absolute Gasteiger partial charge is 0.257 e. The summed E-state index contributed by atoms with van der Waals surface area (Å²) in [6.45, 7) is 1.75. The number of aromatic nitrogens is 2. The second kappa shape index (κ2) is 7.92. The summed E-state index contributed by atoms with van der Waals surface area (Å²) >= 11 is 5.21. The highest BCUT2D eigenvalue weighted by Crippen LogP contribution is 2.19. The van der Waals surface area contributed by atoms with Crippen molar-refractivity contribution < 1.29 is 14.7 Å². The number of nitrogens with one attached hydrogen (secondary N) is 1. The molecule has 1 aromatic heterocycles. The number of nitrogens with zero attached hydrogens (tertiary/aromatic N) is 3. The van der Waals surface area contributed by atoms with E-state index in [1.165, 1.54) is 6.07 Å². The first kappa shape index (κ1) is 18.9. The van der Waals surface area contributed by atoms with Crippen LogP contribution in [0.15, 0.2) is 60.9 Å². The van der Waals surface area contributed by atoms with Crippen molar-refractivity contribution in [3.05, 3.63) is 76.8 Å². The molecule has 4 rings (SSSR count). The van der Waals surface area contributed by atoms with Crippen molar-refractivity contribution in [3.63, 3.8) is 0 Å². The fraction of sp³-hybridized carbons (Fsp3) is 0.190. The van der Waals surface area contributed by atoms with Crippen molar-refractivity contribution >= 4 is 24.0 Å². The molecule has 0 spiro atoms. The first-order chi connectivity index (χ1) is 14.0. The SMILES string of the molecule is O=C(c1ccc(-n2cc[nH]c2=S)cc1)N1CCN(C(=O)c2ccccc2O)CC1. The molecule has 0 unspecified atom stereocenters. The van der Waals surface area contributed by atoms with E-state index in [9.17, 15) is 14.7 Å². The minimum absolute atomic E-state index is 0.0291. The summed E-state index contributed by atoms with van der Waals surface area (Å²) in [5.74, 6) is -0.315. The van der Waals surface area contributed by atoms with E-state index >= 15 is 0 Å². The van der Waals surface area contributed by atoms with Crippen LogP contribution in [-0.4, -0.2) is 62.5 Å². The third-order valence-corrected chi connectivity index (χ3v) is 5.34. The number of aromatic amines is 1. The number of rotatable bonds is 3. The maximum Gasteiger partial charge on any atom is 0.257 e. The maximum absolute atomic E-state index is 12.8. The number of H-pyrrole nitrogens is 1. The van der Waals surface area contributed by atoms with Crippen LogP contribution in [0.4, 0.5) is 0 Å². The molecule has 29 heavy (non-hydrogen) atoms. The largest absolute Gasteiger partial charge is 0.507 e. The predicted molar refractivity (Wildman–Crippen MR) is 111 cm³/mol. The van der Waals surface area contributed by atoms with Gasteiger partial charge in [-0.1, -0.05) is 12.1 Å². The fourth-order valence-corrected chi connectivity index (χ4v) is 3.64. The monoisotopic (exact) mass is 408 g/mol. The van der Waals surface area contributed by atoms with Crippen LogP contribution in [-0.2, 0) is 0 Å². The van der Waals surface area contributed by atoms with Gasteiger partial charge in [-0.25, -0.2) is 0 Å². The maximum atomic E-state index is 12.8. The van der Waals surface area contributed by atoms with E-state index in [0.29, 0.717) is 36.5 Å². The van der Waals surface area contributed by atoms with Gasteiger partial charge in [0, 0.05) is 49.8 Å². The van der Waals surface area contributed by atoms with Gasteiger partial charge < -0.3 is 19.9 Å². The number of para-hydroxylation sites is 1. The second-order valence-electron chi connectivity index (χ2n) is 6.78. The zero-order valence-corrected chi connectivity index (χ0v) is 16.4. The molecule has 0 atom stereocenters. The number of phenols is 1. The van der Waals surface area contributed by atoms with Crippen LogP contribution in [0, 0.1) is 4.77 Å². The Hall–Kier alpha value is -3.39. The number of aromatic hydroxyl groups is 1. The van der Waals surface area contributed by atoms with Crippen LogP contribution in [0.2, 0.25) is 0 Å². The number of phenolic OH excluding ortho intramolecular Hbond substituents is 1. The number of hydrogen-bond acceptors (Lipinski definition) is 4. The number of carbonyl (C=O) groups excluding carboxylic acids is 2. The van der Waals surface area contributed by atoms with Crippen molar-refractivity contribution in [2.75, 3.05) is 26.2 Å². The molecular formula is C21H20N4O3S. The van der Waals surface area contributed by atoms with Crippen LogP contribution >= 0.6 is 12.2 Å². The lowest BCUT2D eigenvalue weighted by Crippen LogP contribution is -2.50. The molecule has 1 fully saturated rings. The minimum Gasteiger partial charge on any atom is -0.507 e. The number of benzene rings is 2. The molecule has 0 aliphatic carbocycles. The molecule has 1 aliphatic rings. The quantitative estimate of drug-likeness (QED) is 0.653. The third kappa shape index (κ3) is 3.79. The van der Waals surface area contributed by atoms with Crippen LogP contribution in [0.1, 0.15) is 20.7 Å². The Morgan fingerprint density at radius 3 is 2.10 bits per heavy atom. The van der Waals surface area contributed by atoms with Crippen molar-refractivity contribution in [2.45, 2.75) is 0 Å². The molecule has 1 saturated heterocycles. The Bertz CT molecular complexity index is 1100. The summed E-state index contributed by atoms with van der Waals surface area (Å²) < 4.78 is 2.42. The van der Waals surface area contributed by atoms with Crippen LogP contribution < -0.4 is 0 Å². The van der Waals surface area contributed by atoms with Crippen molar-refractivity contribution in [1.29, 1.82) is 0 Å². The Balaban J connectivity index is 1.40. The molecule has 0 radical (unpaired) electrons. The number of piperazine rings is 1. The van der Waals surface area contributed by atoms with E-state index in [1.807, 2.05) is 22.9 Å². The normalized spacial score (nSPS) is 14.1. The van der Waals surface area contributed by atoms with Gasteiger partial charge in [0.15, 0.2) is 4.77 Å². The zero-order chi connectivity index (χ0) is 20.4. The third-order valence-electron chi connectivity index (χ3n) is 5.03. The zero-order valence-electron chi connectivity index (χ0n) is 15.6. The molecule has 2 N–H and O–H groups in total. The van der Waals surface area contributed by atoms with E-state index in [1.54, 1.807) is 46.3 Å². The fourth-order valence-electron chi connectivity index (χ4n) is 3.41. The van der Waals surface area contributed by atoms with Gasteiger partial charge in [-0.3, -0.25) is 14.2 Å². The number of hydrogen-bond donors (Lipinski definition) is 2. The summed E-state index contributed by atoms with van der Waals surface area (Å²) in [5, 5.41) is 9.89. The minimum atomic E-state index is -0.220. The molecule has 0 bridgehead atoms.